The molecule has 134 valence electrons. The maximum absolute atomic E-state index is 12.8. The van der Waals surface area contributed by atoms with Crippen molar-refractivity contribution >= 4 is 16.9 Å². The number of hydrogen-bond donors (Lipinski definition) is 2. The van der Waals surface area contributed by atoms with Gasteiger partial charge in [-0.05, 0) is 38.3 Å². The van der Waals surface area contributed by atoms with Crippen molar-refractivity contribution in [2.24, 2.45) is 0 Å². The Morgan fingerprint density at radius 2 is 2.12 bits per heavy atom. The number of rotatable bonds is 2. The monoisotopic (exact) mass is 351 g/mol. The predicted molar refractivity (Wildman–Crippen MR) is 98.3 cm³/mol. The summed E-state index contributed by atoms with van der Waals surface area (Å²) in [6.07, 6.45) is 3.21. The fourth-order valence-corrected chi connectivity index (χ4v) is 3.58. The van der Waals surface area contributed by atoms with Crippen molar-refractivity contribution in [1.82, 2.24) is 24.8 Å². The number of hydrogen-bond acceptors (Lipinski definition) is 4. The van der Waals surface area contributed by atoms with Crippen molar-refractivity contribution in [2.75, 3.05) is 13.1 Å². The number of para-hydroxylation sites is 1. The van der Waals surface area contributed by atoms with Crippen LogP contribution in [-0.4, -0.2) is 43.8 Å². The molecule has 4 rings (SSSR count). The van der Waals surface area contributed by atoms with Crippen LogP contribution >= 0.6 is 0 Å². The van der Waals surface area contributed by atoms with Gasteiger partial charge in [-0.1, -0.05) is 12.1 Å². The van der Waals surface area contributed by atoms with Gasteiger partial charge in [0.05, 0.1) is 11.0 Å². The number of aryl methyl sites for hydroxylation is 2. The topological polar surface area (TPSA) is 94.7 Å². The summed E-state index contributed by atoms with van der Waals surface area (Å²) in [4.78, 5) is 41.4. The van der Waals surface area contributed by atoms with Gasteiger partial charge in [0.1, 0.15) is 17.2 Å². The molecule has 2 aromatic heterocycles. The molecular formula is C19H21N5O2. The minimum atomic E-state index is -0.385. The van der Waals surface area contributed by atoms with E-state index in [0.29, 0.717) is 18.9 Å². The van der Waals surface area contributed by atoms with Gasteiger partial charge in [-0.2, -0.15) is 0 Å². The second-order valence-corrected chi connectivity index (χ2v) is 6.89. The molecule has 1 aliphatic heterocycles. The Balaban J connectivity index is 1.59. The molecule has 0 spiro atoms. The molecule has 1 aromatic carbocycles. The minimum absolute atomic E-state index is 0.0942. The molecule has 7 nitrogen and oxygen atoms in total. The van der Waals surface area contributed by atoms with E-state index in [1.54, 1.807) is 11.8 Å². The van der Waals surface area contributed by atoms with E-state index in [-0.39, 0.29) is 22.9 Å². The highest BCUT2D eigenvalue weighted by Gasteiger charge is 2.28. The van der Waals surface area contributed by atoms with Crippen LogP contribution < -0.4 is 5.56 Å². The van der Waals surface area contributed by atoms with E-state index in [0.717, 1.165) is 35.3 Å². The summed E-state index contributed by atoms with van der Waals surface area (Å²) >= 11 is 0. The van der Waals surface area contributed by atoms with Gasteiger partial charge in [0.2, 0.25) is 0 Å². The minimum Gasteiger partial charge on any atom is -0.342 e. The Morgan fingerprint density at radius 1 is 1.27 bits per heavy atom. The van der Waals surface area contributed by atoms with E-state index in [4.69, 9.17) is 4.98 Å². The predicted octanol–water partition coefficient (Wildman–Crippen LogP) is 2.28. The van der Waals surface area contributed by atoms with Crippen molar-refractivity contribution in [3.05, 3.63) is 57.5 Å². The number of benzene rings is 1. The molecule has 1 atom stereocenters. The van der Waals surface area contributed by atoms with Crippen molar-refractivity contribution in [3.63, 3.8) is 0 Å². The molecule has 0 saturated carbocycles. The third-order valence-electron chi connectivity index (χ3n) is 4.98. The van der Waals surface area contributed by atoms with Crippen LogP contribution in [0.5, 0.6) is 0 Å². The smallest absolute Gasteiger partial charge is 0.263 e. The molecule has 2 N–H and O–H groups in total. The molecule has 3 aromatic rings. The maximum atomic E-state index is 12.8. The maximum Gasteiger partial charge on any atom is 0.263 e. The first-order valence-electron chi connectivity index (χ1n) is 8.83. The molecular weight excluding hydrogens is 330 g/mol. The van der Waals surface area contributed by atoms with Crippen LogP contribution in [0, 0.1) is 13.8 Å². The number of carbonyl (C=O) groups excluding carboxylic acids is 1. The van der Waals surface area contributed by atoms with E-state index in [1.165, 1.54) is 6.20 Å². The zero-order valence-electron chi connectivity index (χ0n) is 14.9. The zero-order valence-corrected chi connectivity index (χ0v) is 14.9. The standard InChI is InChI=1S/C19H21N5O2/c1-11-5-3-7-15-16(11)23-17(22-15)13-6-4-8-24(10-13)19(26)14-9-20-12(2)21-18(14)25/h3,5,7,9,13H,4,6,8,10H2,1-2H3,(H,22,23)(H,20,21,25). The lowest BCUT2D eigenvalue weighted by Crippen LogP contribution is -2.41. The summed E-state index contributed by atoms with van der Waals surface area (Å²) in [7, 11) is 0. The number of nitrogens with zero attached hydrogens (tertiary/aromatic N) is 3. The number of amides is 1. The molecule has 0 radical (unpaired) electrons. The summed E-state index contributed by atoms with van der Waals surface area (Å²) in [6.45, 7) is 4.92. The van der Waals surface area contributed by atoms with Crippen LogP contribution in [0.2, 0.25) is 0 Å². The number of carbonyl (C=O) groups is 1. The number of piperidine rings is 1. The third kappa shape index (κ3) is 2.89. The summed E-state index contributed by atoms with van der Waals surface area (Å²) in [5, 5.41) is 0. The van der Waals surface area contributed by atoms with Gasteiger partial charge in [-0.3, -0.25) is 9.59 Å². The highest BCUT2D eigenvalue weighted by atomic mass is 16.2. The number of imidazole rings is 1. The Kier molecular flexibility index (Phi) is 4.06. The first-order valence-corrected chi connectivity index (χ1v) is 8.83. The molecule has 26 heavy (non-hydrogen) atoms. The summed E-state index contributed by atoms with van der Waals surface area (Å²) in [5.74, 6) is 1.27. The van der Waals surface area contributed by atoms with Crippen LogP contribution in [0.4, 0.5) is 0 Å². The molecule has 1 unspecified atom stereocenters. The zero-order chi connectivity index (χ0) is 18.3. The molecule has 1 aliphatic rings. The van der Waals surface area contributed by atoms with Crippen LogP contribution in [0.15, 0.2) is 29.2 Å². The van der Waals surface area contributed by atoms with Crippen LogP contribution in [0.3, 0.4) is 0 Å². The van der Waals surface area contributed by atoms with Crippen LogP contribution in [-0.2, 0) is 0 Å². The molecule has 1 fully saturated rings. The van der Waals surface area contributed by atoms with E-state index in [2.05, 4.69) is 15.0 Å². The lowest BCUT2D eigenvalue weighted by Gasteiger charge is -2.31. The quantitative estimate of drug-likeness (QED) is 0.740. The van der Waals surface area contributed by atoms with Gasteiger partial charge >= 0.3 is 0 Å². The first kappa shape index (κ1) is 16.5. The average molecular weight is 351 g/mol. The second-order valence-electron chi connectivity index (χ2n) is 6.89. The Hall–Kier alpha value is -2.96. The van der Waals surface area contributed by atoms with Gasteiger partial charge in [-0.15, -0.1) is 0 Å². The van der Waals surface area contributed by atoms with Crippen LogP contribution in [0.25, 0.3) is 11.0 Å². The first-order chi connectivity index (χ1) is 12.5. The highest BCUT2D eigenvalue weighted by molar-refractivity contribution is 5.93. The Labute approximate surface area is 150 Å². The molecule has 1 saturated heterocycles. The average Bonchev–Trinajstić information content (AvgIpc) is 3.07. The fourth-order valence-electron chi connectivity index (χ4n) is 3.58. The highest BCUT2D eigenvalue weighted by Crippen LogP contribution is 2.28. The Morgan fingerprint density at radius 3 is 2.88 bits per heavy atom. The lowest BCUT2D eigenvalue weighted by molar-refractivity contribution is 0.0702. The van der Waals surface area contributed by atoms with E-state index < -0.39 is 0 Å². The number of aromatic nitrogens is 4. The fraction of sp³-hybridized carbons (Fsp3) is 0.368. The second kappa shape index (κ2) is 6.40. The SMILES string of the molecule is Cc1ncc(C(=O)N2CCCC(c3nc4c(C)cccc4[nH]3)C2)c(=O)[nH]1. The number of nitrogens with one attached hydrogen (secondary N) is 2. The number of aromatic amines is 2. The molecule has 7 heteroatoms. The third-order valence-corrected chi connectivity index (χ3v) is 4.98. The summed E-state index contributed by atoms with van der Waals surface area (Å²) < 4.78 is 0. The van der Waals surface area contributed by atoms with Crippen molar-refractivity contribution in [1.29, 1.82) is 0 Å². The molecule has 1 amide bonds. The summed E-state index contributed by atoms with van der Waals surface area (Å²) in [6, 6.07) is 6.06. The Bertz CT molecular complexity index is 1040. The lowest BCUT2D eigenvalue weighted by atomic mass is 9.97. The molecule has 0 aliphatic carbocycles. The van der Waals surface area contributed by atoms with Gasteiger partial charge in [0.15, 0.2) is 0 Å². The van der Waals surface area contributed by atoms with Gasteiger partial charge in [0, 0.05) is 25.2 Å². The summed E-state index contributed by atoms with van der Waals surface area (Å²) in [5.41, 5.74) is 2.83. The van der Waals surface area contributed by atoms with Crippen molar-refractivity contribution in [3.8, 4) is 0 Å². The normalized spacial score (nSPS) is 17.6. The molecule has 3 heterocycles. The van der Waals surface area contributed by atoms with Gasteiger partial charge < -0.3 is 14.9 Å². The van der Waals surface area contributed by atoms with Crippen LogP contribution in [0.1, 0.15) is 46.3 Å². The number of fused-ring (bicyclic) bond motifs is 1. The van der Waals surface area contributed by atoms with Gasteiger partial charge in [0.25, 0.3) is 11.5 Å². The number of likely N-dealkylation sites (tertiary alicyclic amines) is 1. The largest absolute Gasteiger partial charge is 0.342 e. The van der Waals surface area contributed by atoms with E-state index in [9.17, 15) is 9.59 Å². The van der Waals surface area contributed by atoms with E-state index >= 15 is 0 Å². The van der Waals surface area contributed by atoms with Gasteiger partial charge in [-0.25, -0.2) is 9.97 Å². The van der Waals surface area contributed by atoms with Crippen molar-refractivity contribution in [2.45, 2.75) is 32.6 Å². The molecule has 0 bridgehead atoms. The van der Waals surface area contributed by atoms with Crippen molar-refractivity contribution < 1.29 is 4.79 Å². The number of H-pyrrole nitrogens is 2. The van der Waals surface area contributed by atoms with E-state index in [1.807, 2.05) is 25.1 Å².